The molecule has 0 N–H and O–H groups in total. The van der Waals surface area contributed by atoms with Crippen LogP contribution in [0.1, 0.15) is 50.8 Å². The van der Waals surface area contributed by atoms with Crippen LogP contribution in [0.5, 0.6) is 5.75 Å². The number of carbonyl (C=O) groups excluding carboxylic acids is 4. The van der Waals surface area contributed by atoms with Crippen molar-refractivity contribution in [3.05, 3.63) is 39.2 Å². The lowest BCUT2D eigenvalue weighted by Gasteiger charge is -2.44. The quantitative estimate of drug-likeness (QED) is 0.284. The van der Waals surface area contributed by atoms with Gasteiger partial charge in [-0.05, 0) is 49.4 Å². The molecule has 1 aromatic carbocycles. The monoisotopic (exact) mass is 546 g/mol. The maximum Gasteiger partial charge on any atom is 0.339 e. The lowest BCUT2D eigenvalue weighted by atomic mass is 9.98. The largest absolute Gasteiger partial charge is 0.463 e. The van der Waals surface area contributed by atoms with Crippen molar-refractivity contribution in [2.45, 2.75) is 84.6 Å². The minimum Gasteiger partial charge on any atom is -0.463 e. The van der Waals surface area contributed by atoms with E-state index in [-0.39, 0.29) is 12.4 Å². The minimum absolute atomic E-state index is 0.285. The molecule has 5 atom stereocenters. The molecule has 4 rings (SSSR count). The van der Waals surface area contributed by atoms with Crippen LogP contribution in [-0.4, -0.2) is 61.2 Å². The molecule has 0 bridgehead atoms. The summed E-state index contributed by atoms with van der Waals surface area (Å²) in [7, 11) is 0. The predicted molar refractivity (Wildman–Crippen MR) is 132 cm³/mol. The van der Waals surface area contributed by atoms with Gasteiger partial charge in [-0.2, -0.15) is 0 Å². The van der Waals surface area contributed by atoms with Crippen LogP contribution in [0.3, 0.4) is 0 Å². The number of hydrogen-bond donors (Lipinski definition) is 0. The molecular formula is C27H30O12. The molecular weight excluding hydrogens is 516 g/mol. The molecule has 210 valence electrons. The first kappa shape index (κ1) is 28.1. The predicted octanol–water partition coefficient (Wildman–Crippen LogP) is 2.05. The molecule has 0 radical (unpaired) electrons. The van der Waals surface area contributed by atoms with Crippen LogP contribution < -0.4 is 10.4 Å². The molecule has 2 heterocycles. The molecule has 1 fully saturated rings. The van der Waals surface area contributed by atoms with Gasteiger partial charge in [-0.25, -0.2) is 4.79 Å². The van der Waals surface area contributed by atoms with E-state index in [4.69, 9.17) is 32.8 Å². The van der Waals surface area contributed by atoms with E-state index in [1.165, 1.54) is 6.92 Å². The van der Waals surface area contributed by atoms with Crippen molar-refractivity contribution < 1.29 is 52.0 Å². The van der Waals surface area contributed by atoms with Gasteiger partial charge < -0.3 is 32.8 Å². The molecule has 1 aliphatic heterocycles. The summed E-state index contributed by atoms with van der Waals surface area (Å²) in [6.45, 7) is 6.03. The molecule has 1 saturated heterocycles. The van der Waals surface area contributed by atoms with E-state index in [2.05, 4.69) is 0 Å². The maximum atomic E-state index is 12.5. The summed E-state index contributed by atoms with van der Waals surface area (Å²) in [4.78, 5) is 60.2. The van der Waals surface area contributed by atoms with Gasteiger partial charge in [-0.1, -0.05) is 0 Å². The topological polar surface area (TPSA) is 154 Å². The number of hydrogen-bond acceptors (Lipinski definition) is 12. The first-order chi connectivity index (χ1) is 18.4. The molecule has 12 heteroatoms. The number of rotatable bonds is 7. The van der Waals surface area contributed by atoms with Gasteiger partial charge in [0, 0.05) is 33.3 Å². The highest BCUT2D eigenvalue weighted by atomic mass is 16.7. The molecule has 1 aromatic heterocycles. The van der Waals surface area contributed by atoms with Crippen LogP contribution >= 0.6 is 0 Å². The normalized spacial score (nSPS) is 24.0. The van der Waals surface area contributed by atoms with Gasteiger partial charge in [-0.3, -0.25) is 19.2 Å². The fourth-order valence-corrected chi connectivity index (χ4v) is 5.01. The summed E-state index contributed by atoms with van der Waals surface area (Å²) < 4.78 is 39.4. The Morgan fingerprint density at radius 3 is 2.10 bits per heavy atom. The van der Waals surface area contributed by atoms with Crippen molar-refractivity contribution in [2.24, 2.45) is 0 Å². The van der Waals surface area contributed by atoms with E-state index in [1.54, 1.807) is 19.1 Å². The number of carbonyl (C=O) groups is 4. The van der Waals surface area contributed by atoms with Gasteiger partial charge in [0.05, 0.1) is 5.39 Å². The minimum atomic E-state index is -1.40. The first-order valence-corrected chi connectivity index (χ1v) is 12.5. The van der Waals surface area contributed by atoms with Crippen LogP contribution in [0.15, 0.2) is 21.3 Å². The summed E-state index contributed by atoms with van der Waals surface area (Å²) in [5.74, 6) is -2.56. The van der Waals surface area contributed by atoms with E-state index in [0.717, 1.165) is 32.8 Å². The molecule has 39 heavy (non-hydrogen) atoms. The Labute approximate surface area is 223 Å². The summed E-state index contributed by atoms with van der Waals surface area (Å²) in [5, 5.41) is 0.570. The van der Waals surface area contributed by atoms with Gasteiger partial charge in [0.1, 0.15) is 24.0 Å². The van der Waals surface area contributed by atoms with E-state index >= 15 is 0 Å². The second-order valence-corrected chi connectivity index (χ2v) is 9.52. The summed E-state index contributed by atoms with van der Waals surface area (Å²) in [5.41, 5.74) is 1.99. The van der Waals surface area contributed by atoms with Crippen LogP contribution in [0, 0.1) is 6.92 Å². The average Bonchev–Trinajstić information content (AvgIpc) is 3.31. The first-order valence-electron chi connectivity index (χ1n) is 12.5. The zero-order chi connectivity index (χ0) is 28.4. The molecule has 12 nitrogen and oxygen atoms in total. The Bertz CT molecular complexity index is 1360. The number of esters is 4. The molecule has 1 aliphatic carbocycles. The Balaban J connectivity index is 1.82. The molecule has 2 aromatic rings. The molecule has 0 unspecified atom stereocenters. The number of fused-ring (bicyclic) bond motifs is 3. The van der Waals surface area contributed by atoms with Gasteiger partial charge >= 0.3 is 29.5 Å². The van der Waals surface area contributed by atoms with Gasteiger partial charge in [-0.15, -0.1) is 0 Å². The van der Waals surface area contributed by atoms with E-state index in [0.29, 0.717) is 34.9 Å². The summed E-state index contributed by atoms with van der Waals surface area (Å²) >= 11 is 0. The van der Waals surface area contributed by atoms with Crippen molar-refractivity contribution in [2.75, 3.05) is 6.61 Å². The lowest BCUT2D eigenvalue weighted by molar-refractivity contribution is -0.288. The third kappa shape index (κ3) is 6.22. The highest BCUT2D eigenvalue weighted by Crippen LogP contribution is 2.38. The fourth-order valence-electron chi connectivity index (χ4n) is 5.01. The fraction of sp³-hybridized carbons (Fsp3) is 0.519. The SMILES string of the molecule is CC(=O)OC[C@H]1O[C@H](Oc2cc(C)cc3oc(=O)c4c(c23)CCC4)[C@H](OC(C)=O)[C@@H](OC(C)=O)[C@H]1OC(C)=O. The highest BCUT2D eigenvalue weighted by Gasteiger charge is 2.53. The second-order valence-electron chi connectivity index (χ2n) is 9.52. The van der Waals surface area contributed by atoms with Crippen molar-refractivity contribution in [3.8, 4) is 5.75 Å². The van der Waals surface area contributed by atoms with E-state index in [1.807, 2.05) is 0 Å². The smallest absolute Gasteiger partial charge is 0.339 e. The van der Waals surface area contributed by atoms with Gasteiger partial charge in [0.25, 0.3) is 0 Å². The van der Waals surface area contributed by atoms with Crippen LogP contribution in [0.2, 0.25) is 0 Å². The Kier molecular flexibility index (Phi) is 8.24. The van der Waals surface area contributed by atoms with Crippen LogP contribution in [0.4, 0.5) is 0 Å². The summed E-state index contributed by atoms with van der Waals surface area (Å²) in [6, 6.07) is 3.44. The zero-order valence-corrected chi connectivity index (χ0v) is 22.3. The van der Waals surface area contributed by atoms with Crippen LogP contribution in [-0.2, 0) is 55.7 Å². The Morgan fingerprint density at radius 2 is 1.46 bits per heavy atom. The van der Waals surface area contributed by atoms with Crippen LogP contribution in [0.25, 0.3) is 11.0 Å². The Morgan fingerprint density at radius 1 is 0.846 bits per heavy atom. The standard InChI is InChI=1S/C27H30O12/c1-12-9-19-22(17-7-6-8-18(17)26(32)37-19)20(10-12)38-27-25(36-16(5)31)24(35-15(4)30)23(34-14(3)29)21(39-27)11-33-13(2)28/h9-10,21,23-25,27H,6-8,11H2,1-5H3/t21-,23+,24+,25-,27+/m1/s1. The zero-order valence-electron chi connectivity index (χ0n) is 22.3. The van der Waals surface area contributed by atoms with E-state index < -0.39 is 60.2 Å². The van der Waals surface area contributed by atoms with Crippen molar-refractivity contribution in [1.82, 2.24) is 0 Å². The number of aryl methyl sites for hydroxylation is 2. The average molecular weight is 547 g/mol. The van der Waals surface area contributed by atoms with Crippen molar-refractivity contribution in [1.29, 1.82) is 0 Å². The molecule has 0 amide bonds. The van der Waals surface area contributed by atoms with Crippen molar-refractivity contribution in [3.63, 3.8) is 0 Å². The third-order valence-corrected chi connectivity index (χ3v) is 6.37. The highest BCUT2D eigenvalue weighted by molar-refractivity contribution is 5.89. The van der Waals surface area contributed by atoms with Crippen molar-refractivity contribution >= 4 is 34.8 Å². The number of ether oxygens (including phenoxy) is 6. The third-order valence-electron chi connectivity index (χ3n) is 6.37. The molecule has 0 saturated carbocycles. The number of benzene rings is 1. The maximum absolute atomic E-state index is 12.5. The summed E-state index contributed by atoms with van der Waals surface area (Å²) in [6.07, 6.45) is -4.64. The van der Waals surface area contributed by atoms with E-state index in [9.17, 15) is 24.0 Å². The second kappa shape index (κ2) is 11.4. The Hall–Kier alpha value is -3.93. The molecule has 2 aliphatic rings. The van der Waals surface area contributed by atoms with Gasteiger partial charge in [0.2, 0.25) is 12.4 Å². The molecule has 0 spiro atoms. The van der Waals surface area contributed by atoms with Gasteiger partial charge in [0.15, 0.2) is 12.2 Å². The lowest BCUT2D eigenvalue weighted by Crippen LogP contribution is -2.63.